The van der Waals surface area contributed by atoms with Crippen LogP contribution >= 0.6 is 0 Å². The summed E-state index contributed by atoms with van der Waals surface area (Å²) in [4.78, 5) is 4.22. The van der Waals surface area contributed by atoms with Gasteiger partial charge in [-0.2, -0.15) is 0 Å². The number of rotatable bonds is 6. The van der Waals surface area contributed by atoms with Crippen LogP contribution in [0, 0.1) is 0 Å². The van der Waals surface area contributed by atoms with Crippen molar-refractivity contribution in [1.82, 2.24) is 0 Å². The van der Waals surface area contributed by atoms with E-state index in [1.165, 1.54) is 11.1 Å². The van der Waals surface area contributed by atoms with Gasteiger partial charge in [0.05, 0.1) is 13.2 Å². The van der Waals surface area contributed by atoms with E-state index in [-0.39, 0.29) is 0 Å². The Kier molecular flexibility index (Phi) is 6.22. The number of hydrogen-bond donors (Lipinski definition) is 2. The molecule has 0 unspecified atom stereocenters. The van der Waals surface area contributed by atoms with E-state index in [2.05, 4.69) is 42.4 Å². The van der Waals surface area contributed by atoms with Crippen molar-refractivity contribution in [1.29, 1.82) is 0 Å². The summed E-state index contributed by atoms with van der Waals surface area (Å²) in [6.07, 6.45) is 1.95. The van der Waals surface area contributed by atoms with Crippen LogP contribution < -0.4 is 11.1 Å². The molecular weight excluding hydrogens is 226 g/mol. The molecule has 1 aromatic rings. The number of aliphatic imine (C=N–C) groups is 1. The SMILES string of the molecule is CCc1cccc(CC)c1NC(N)=NCCOC. The first-order valence-electron chi connectivity index (χ1n) is 6.39. The summed E-state index contributed by atoms with van der Waals surface area (Å²) in [7, 11) is 1.65. The summed E-state index contributed by atoms with van der Waals surface area (Å²) < 4.78 is 4.94. The van der Waals surface area contributed by atoms with Gasteiger partial charge in [0.1, 0.15) is 0 Å². The van der Waals surface area contributed by atoms with Crippen molar-refractivity contribution >= 4 is 11.6 Å². The number of anilines is 1. The normalized spacial score (nSPS) is 11.6. The number of nitrogens with two attached hydrogens (primary N) is 1. The Hall–Kier alpha value is -1.55. The summed E-state index contributed by atoms with van der Waals surface area (Å²) in [5, 5.41) is 3.21. The lowest BCUT2D eigenvalue weighted by Gasteiger charge is -2.14. The van der Waals surface area contributed by atoms with Gasteiger partial charge in [0.15, 0.2) is 5.96 Å². The van der Waals surface area contributed by atoms with Crippen LogP contribution in [-0.2, 0) is 17.6 Å². The van der Waals surface area contributed by atoms with E-state index in [0.717, 1.165) is 18.5 Å². The molecule has 0 aliphatic heterocycles. The smallest absolute Gasteiger partial charge is 0.193 e. The fourth-order valence-corrected chi connectivity index (χ4v) is 1.83. The molecule has 0 aliphatic rings. The van der Waals surface area contributed by atoms with Crippen molar-refractivity contribution in [2.24, 2.45) is 10.7 Å². The Labute approximate surface area is 109 Å². The number of methoxy groups -OCH3 is 1. The van der Waals surface area contributed by atoms with E-state index in [1.807, 2.05) is 0 Å². The molecule has 4 nitrogen and oxygen atoms in total. The molecular formula is C14H23N3O. The van der Waals surface area contributed by atoms with Crippen molar-refractivity contribution in [3.05, 3.63) is 29.3 Å². The number of ether oxygens (including phenoxy) is 1. The molecule has 0 bridgehead atoms. The second-order valence-corrected chi connectivity index (χ2v) is 4.04. The lowest BCUT2D eigenvalue weighted by atomic mass is 10.0. The maximum Gasteiger partial charge on any atom is 0.193 e. The van der Waals surface area contributed by atoms with Crippen LogP contribution in [0.25, 0.3) is 0 Å². The van der Waals surface area contributed by atoms with Crippen LogP contribution in [0.3, 0.4) is 0 Å². The quantitative estimate of drug-likeness (QED) is 0.461. The monoisotopic (exact) mass is 249 g/mol. The molecule has 1 rings (SSSR count). The Morgan fingerprint density at radius 2 is 1.89 bits per heavy atom. The third-order valence-electron chi connectivity index (χ3n) is 2.83. The van der Waals surface area contributed by atoms with Gasteiger partial charge in [-0.1, -0.05) is 32.0 Å². The Bertz CT molecular complexity index is 380. The predicted molar refractivity (Wildman–Crippen MR) is 77.2 cm³/mol. The first-order chi connectivity index (χ1) is 8.72. The van der Waals surface area contributed by atoms with E-state index in [1.54, 1.807) is 7.11 Å². The maximum absolute atomic E-state index is 5.88. The first-order valence-corrected chi connectivity index (χ1v) is 6.39. The number of aryl methyl sites for hydroxylation is 2. The highest BCUT2D eigenvalue weighted by molar-refractivity contribution is 5.93. The number of guanidine groups is 1. The number of nitrogens with zero attached hydrogens (tertiary/aromatic N) is 1. The zero-order chi connectivity index (χ0) is 13.4. The summed E-state index contributed by atoms with van der Waals surface area (Å²) in [6, 6.07) is 6.31. The van der Waals surface area contributed by atoms with E-state index < -0.39 is 0 Å². The van der Waals surface area contributed by atoms with Gasteiger partial charge in [-0.25, -0.2) is 0 Å². The molecule has 3 N–H and O–H groups in total. The predicted octanol–water partition coefficient (Wildman–Crippen LogP) is 2.18. The van der Waals surface area contributed by atoms with E-state index >= 15 is 0 Å². The number of para-hydroxylation sites is 1. The molecule has 0 aromatic heterocycles. The number of hydrogen-bond acceptors (Lipinski definition) is 2. The van der Waals surface area contributed by atoms with Crippen LogP contribution in [0.4, 0.5) is 5.69 Å². The van der Waals surface area contributed by atoms with Crippen LogP contribution in [0.1, 0.15) is 25.0 Å². The minimum absolute atomic E-state index is 0.447. The van der Waals surface area contributed by atoms with Crippen LogP contribution in [0.2, 0.25) is 0 Å². The maximum atomic E-state index is 5.88. The zero-order valence-electron chi connectivity index (χ0n) is 11.5. The molecule has 4 heteroatoms. The molecule has 0 saturated heterocycles. The lowest BCUT2D eigenvalue weighted by molar-refractivity contribution is 0.208. The van der Waals surface area contributed by atoms with Crippen molar-refractivity contribution in [3.8, 4) is 0 Å². The third kappa shape index (κ3) is 4.04. The second-order valence-electron chi connectivity index (χ2n) is 4.04. The molecule has 0 aliphatic carbocycles. The third-order valence-corrected chi connectivity index (χ3v) is 2.83. The van der Waals surface area contributed by atoms with E-state index in [4.69, 9.17) is 10.5 Å². The summed E-state index contributed by atoms with van der Waals surface area (Å²) in [5.74, 6) is 0.447. The van der Waals surface area contributed by atoms with E-state index in [9.17, 15) is 0 Å². The van der Waals surface area contributed by atoms with Gasteiger partial charge in [0.2, 0.25) is 0 Å². The van der Waals surface area contributed by atoms with Gasteiger partial charge in [-0.05, 0) is 24.0 Å². The van der Waals surface area contributed by atoms with Crippen molar-refractivity contribution < 1.29 is 4.74 Å². The summed E-state index contributed by atoms with van der Waals surface area (Å²) in [6.45, 7) is 5.43. The Morgan fingerprint density at radius 3 is 2.39 bits per heavy atom. The van der Waals surface area contributed by atoms with E-state index in [0.29, 0.717) is 19.1 Å². The molecule has 0 amide bonds. The zero-order valence-corrected chi connectivity index (χ0v) is 11.5. The van der Waals surface area contributed by atoms with Crippen LogP contribution in [0.5, 0.6) is 0 Å². The molecule has 0 saturated carbocycles. The Balaban J connectivity index is 2.84. The molecule has 1 aromatic carbocycles. The standard InChI is InChI=1S/C14H23N3O/c1-4-11-7-6-8-12(5-2)13(11)17-14(15)16-9-10-18-3/h6-8H,4-5,9-10H2,1-3H3,(H3,15,16,17). The number of nitrogens with one attached hydrogen (secondary N) is 1. The molecule has 0 radical (unpaired) electrons. The molecule has 0 atom stereocenters. The van der Waals surface area contributed by atoms with Gasteiger partial charge in [0, 0.05) is 12.8 Å². The minimum atomic E-state index is 0.447. The van der Waals surface area contributed by atoms with Gasteiger partial charge >= 0.3 is 0 Å². The highest BCUT2D eigenvalue weighted by atomic mass is 16.5. The second kappa shape index (κ2) is 7.71. The minimum Gasteiger partial charge on any atom is -0.383 e. The van der Waals surface area contributed by atoms with Crippen molar-refractivity contribution in [2.45, 2.75) is 26.7 Å². The molecule has 0 fully saturated rings. The van der Waals surface area contributed by atoms with Gasteiger partial charge in [0.25, 0.3) is 0 Å². The Morgan fingerprint density at radius 1 is 1.28 bits per heavy atom. The highest BCUT2D eigenvalue weighted by Gasteiger charge is 2.06. The lowest BCUT2D eigenvalue weighted by Crippen LogP contribution is -2.24. The molecule has 0 heterocycles. The topological polar surface area (TPSA) is 59.6 Å². The molecule has 0 spiro atoms. The van der Waals surface area contributed by atoms with Crippen molar-refractivity contribution in [3.63, 3.8) is 0 Å². The van der Waals surface area contributed by atoms with Crippen LogP contribution in [0.15, 0.2) is 23.2 Å². The largest absolute Gasteiger partial charge is 0.383 e. The first kappa shape index (κ1) is 14.5. The van der Waals surface area contributed by atoms with Gasteiger partial charge in [-0.3, -0.25) is 4.99 Å². The molecule has 100 valence electrons. The van der Waals surface area contributed by atoms with Crippen molar-refractivity contribution in [2.75, 3.05) is 25.6 Å². The molecule has 18 heavy (non-hydrogen) atoms. The van der Waals surface area contributed by atoms with Crippen LogP contribution in [-0.4, -0.2) is 26.2 Å². The van der Waals surface area contributed by atoms with Gasteiger partial charge in [-0.15, -0.1) is 0 Å². The number of benzene rings is 1. The summed E-state index contributed by atoms with van der Waals surface area (Å²) >= 11 is 0. The fraction of sp³-hybridized carbons (Fsp3) is 0.500. The fourth-order valence-electron chi connectivity index (χ4n) is 1.83. The average Bonchev–Trinajstić information content (AvgIpc) is 2.39. The average molecular weight is 249 g/mol. The van der Waals surface area contributed by atoms with Gasteiger partial charge < -0.3 is 15.8 Å². The summed E-state index contributed by atoms with van der Waals surface area (Å²) in [5.41, 5.74) is 9.50. The highest BCUT2D eigenvalue weighted by Crippen LogP contribution is 2.22.